The van der Waals surface area contributed by atoms with Crippen LogP contribution in [0, 0.1) is 12.8 Å². The average molecular weight is 278 g/mol. The molecule has 0 radical (unpaired) electrons. The van der Waals surface area contributed by atoms with E-state index in [1.165, 1.54) is 0 Å². The molecule has 1 rings (SSSR count). The molecule has 0 aromatic heterocycles. The number of rotatable bonds is 8. The van der Waals surface area contributed by atoms with Gasteiger partial charge in [0, 0.05) is 12.1 Å². The first-order valence-corrected chi connectivity index (χ1v) is 7.22. The second-order valence-electron chi connectivity index (χ2n) is 5.48. The van der Waals surface area contributed by atoms with Gasteiger partial charge in [0.1, 0.15) is 5.75 Å². The number of carbonyl (C=O) groups is 1. The van der Waals surface area contributed by atoms with Crippen LogP contribution in [0.4, 0.5) is 0 Å². The van der Waals surface area contributed by atoms with Gasteiger partial charge in [-0.25, -0.2) is 0 Å². The van der Waals surface area contributed by atoms with Crippen LogP contribution < -0.4 is 15.8 Å². The molecule has 0 fully saturated rings. The minimum atomic E-state index is -0.156. The van der Waals surface area contributed by atoms with Crippen molar-refractivity contribution in [2.24, 2.45) is 11.7 Å². The molecule has 0 spiro atoms. The molecular formula is C16H26N2O2. The van der Waals surface area contributed by atoms with Crippen molar-refractivity contribution in [1.82, 2.24) is 5.32 Å². The van der Waals surface area contributed by atoms with E-state index in [9.17, 15) is 4.79 Å². The van der Waals surface area contributed by atoms with Crippen molar-refractivity contribution >= 4 is 5.91 Å². The zero-order chi connectivity index (χ0) is 15.0. The van der Waals surface area contributed by atoms with Crippen LogP contribution in [-0.4, -0.2) is 19.1 Å². The molecule has 0 aliphatic heterocycles. The van der Waals surface area contributed by atoms with Gasteiger partial charge in [0.2, 0.25) is 5.91 Å². The van der Waals surface area contributed by atoms with Crippen molar-refractivity contribution in [1.29, 1.82) is 0 Å². The maximum absolute atomic E-state index is 11.2. The minimum absolute atomic E-state index is 0.0104. The fourth-order valence-corrected chi connectivity index (χ4v) is 1.88. The van der Waals surface area contributed by atoms with Gasteiger partial charge in [0.05, 0.1) is 13.2 Å². The fourth-order valence-electron chi connectivity index (χ4n) is 1.88. The van der Waals surface area contributed by atoms with E-state index in [0.717, 1.165) is 29.7 Å². The second-order valence-corrected chi connectivity index (χ2v) is 5.48. The van der Waals surface area contributed by atoms with Gasteiger partial charge in [0.25, 0.3) is 0 Å². The number of amides is 1. The van der Waals surface area contributed by atoms with E-state index in [-0.39, 0.29) is 12.5 Å². The molecule has 1 aromatic rings. The molecule has 0 heterocycles. The highest BCUT2D eigenvalue weighted by Gasteiger charge is 2.06. The number of nitrogens with one attached hydrogen (secondary N) is 1. The van der Waals surface area contributed by atoms with Crippen molar-refractivity contribution in [2.75, 3.05) is 13.2 Å². The maximum atomic E-state index is 11.2. The zero-order valence-corrected chi connectivity index (χ0v) is 12.7. The summed E-state index contributed by atoms with van der Waals surface area (Å²) in [5, 5.41) is 2.77. The Morgan fingerprint density at radius 1 is 1.40 bits per heavy atom. The highest BCUT2D eigenvalue weighted by Crippen LogP contribution is 2.21. The third-order valence-corrected chi connectivity index (χ3v) is 3.07. The average Bonchev–Trinajstić information content (AvgIpc) is 2.42. The molecule has 1 aromatic carbocycles. The van der Waals surface area contributed by atoms with Gasteiger partial charge in [-0.3, -0.25) is 4.79 Å². The summed E-state index contributed by atoms with van der Waals surface area (Å²) < 4.78 is 5.85. The van der Waals surface area contributed by atoms with Crippen molar-refractivity contribution in [3.63, 3.8) is 0 Å². The SMILES string of the molecule is Cc1ccc(CNC(=O)CN)c(OCCCC(C)C)c1. The molecule has 0 unspecified atom stereocenters. The Bertz CT molecular complexity index is 430. The number of hydrogen-bond donors (Lipinski definition) is 2. The summed E-state index contributed by atoms with van der Waals surface area (Å²) in [7, 11) is 0. The zero-order valence-electron chi connectivity index (χ0n) is 12.7. The monoisotopic (exact) mass is 278 g/mol. The Morgan fingerprint density at radius 3 is 2.80 bits per heavy atom. The first kappa shape index (κ1) is 16.5. The second kappa shape index (κ2) is 8.59. The molecule has 112 valence electrons. The molecule has 0 bridgehead atoms. The van der Waals surface area contributed by atoms with Gasteiger partial charge in [-0.05, 0) is 37.3 Å². The Balaban J connectivity index is 2.58. The lowest BCUT2D eigenvalue weighted by Gasteiger charge is -2.13. The Kier molecular flexibility index (Phi) is 7.09. The number of ether oxygens (including phenoxy) is 1. The molecule has 1 amide bonds. The summed E-state index contributed by atoms with van der Waals surface area (Å²) in [4.78, 5) is 11.2. The number of benzene rings is 1. The molecule has 0 aliphatic rings. The number of aryl methyl sites for hydroxylation is 1. The normalized spacial score (nSPS) is 10.7. The maximum Gasteiger partial charge on any atom is 0.234 e. The molecule has 0 saturated heterocycles. The van der Waals surface area contributed by atoms with Crippen LogP contribution in [0.5, 0.6) is 5.75 Å². The lowest BCUT2D eigenvalue weighted by molar-refractivity contribution is -0.119. The molecule has 20 heavy (non-hydrogen) atoms. The fraction of sp³-hybridized carbons (Fsp3) is 0.562. The van der Waals surface area contributed by atoms with Gasteiger partial charge < -0.3 is 15.8 Å². The number of carbonyl (C=O) groups excluding carboxylic acids is 1. The van der Waals surface area contributed by atoms with Crippen LogP contribution in [0.1, 0.15) is 37.8 Å². The van der Waals surface area contributed by atoms with Gasteiger partial charge >= 0.3 is 0 Å². The van der Waals surface area contributed by atoms with Gasteiger partial charge in [-0.2, -0.15) is 0 Å². The summed E-state index contributed by atoms with van der Waals surface area (Å²) in [5.41, 5.74) is 7.42. The van der Waals surface area contributed by atoms with Crippen molar-refractivity contribution in [3.8, 4) is 5.75 Å². The first-order valence-electron chi connectivity index (χ1n) is 7.22. The molecule has 0 atom stereocenters. The largest absolute Gasteiger partial charge is 0.493 e. The number of nitrogens with two attached hydrogens (primary N) is 1. The van der Waals surface area contributed by atoms with E-state index in [1.807, 2.05) is 25.1 Å². The first-order chi connectivity index (χ1) is 9.52. The van der Waals surface area contributed by atoms with Crippen molar-refractivity contribution in [3.05, 3.63) is 29.3 Å². The smallest absolute Gasteiger partial charge is 0.234 e. The molecule has 0 aliphatic carbocycles. The van der Waals surface area contributed by atoms with Crippen molar-refractivity contribution < 1.29 is 9.53 Å². The Hall–Kier alpha value is -1.55. The lowest BCUT2D eigenvalue weighted by atomic mass is 10.1. The van der Waals surface area contributed by atoms with E-state index in [1.54, 1.807) is 0 Å². The van der Waals surface area contributed by atoms with Crippen molar-refractivity contribution in [2.45, 2.75) is 40.2 Å². The van der Waals surface area contributed by atoms with E-state index in [0.29, 0.717) is 19.1 Å². The van der Waals surface area contributed by atoms with Crippen LogP contribution in [0.25, 0.3) is 0 Å². The van der Waals surface area contributed by atoms with Gasteiger partial charge in [-0.15, -0.1) is 0 Å². The van der Waals surface area contributed by atoms with E-state index >= 15 is 0 Å². The summed E-state index contributed by atoms with van der Waals surface area (Å²) in [6.45, 7) is 7.62. The lowest BCUT2D eigenvalue weighted by Crippen LogP contribution is -2.29. The Morgan fingerprint density at radius 2 is 2.15 bits per heavy atom. The van der Waals surface area contributed by atoms with Crippen LogP contribution in [0.2, 0.25) is 0 Å². The van der Waals surface area contributed by atoms with Crippen LogP contribution in [0.3, 0.4) is 0 Å². The predicted octanol–water partition coefficient (Wildman–Crippen LogP) is 2.38. The quantitative estimate of drug-likeness (QED) is 0.718. The topological polar surface area (TPSA) is 64.4 Å². The van der Waals surface area contributed by atoms with E-state index < -0.39 is 0 Å². The van der Waals surface area contributed by atoms with Crippen LogP contribution >= 0.6 is 0 Å². The highest BCUT2D eigenvalue weighted by atomic mass is 16.5. The summed E-state index contributed by atoms with van der Waals surface area (Å²) in [5.74, 6) is 1.39. The number of hydrogen-bond acceptors (Lipinski definition) is 3. The van der Waals surface area contributed by atoms with Crippen LogP contribution in [0.15, 0.2) is 18.2 Å². The molecular weight excluding hydrogens is 252 g/mol. The highest BCUT2D eigenvalue weighted by molar-refractivity contribution is 5.77. The summed E-state index contributed by atoms with van der Waals surface area (Å²) in [6.07, 6.45) is 2.20. The third kappa shape index (κ3) is 6.06. The summed E-state index contributed by atoms with van der Waals surface area (Å²) in [6, 6.07) is 6.02. The standard InChI is InChI=1S/C16H26N2O2/c1-12(2)5-4-8-20-15-9-13(3)6-7-14(15)11-18-16(19)10-17/h6-7,9,12H,4-5,8,10-11,17H2,1-3H3,(H,18,19). The minimum Gasteiger partial charge on any atom is -0.493 e. The molecule has 0 saturated carbocycles. The van der Waals surface area contributed by atoms with E-state index in [2.05, 4.69) is 19.2 Å². The van der Waals surface area contributed by atoms with Gasteiger partial charge in [0.15, 0.2) is 0 Å². The molecule has 3 N–H and O–H groups in total. The Labute approximate surface area is 121 Å². The van der Waals surface area contributed by atoms with Gasteiger partial charge in [-0.1, -0.05) is 26.0 Å². The molecule has 4 nitrogen and oxygen atoms in total. The summed E-state index contributed by atoms with van der Waals surface area (Å²) >= 11 is 0. The third-order valence-electron chi connectivity index (χ3n) is 3.07. The van der Waals surface area contributed by atoms with Crippen LogP contribution in [-0.2, 0) is 11.3 Å². The predicted molar refractivity (Wildman–Crippen MR) is 81.6 cm³/mol. The molecule has 4 heteroatoms. The van der Waals surface area contributed by atoms with E-state index in [4.69, 9.17) is 10.5 Å².